The second kappa shape index (κ2) is 12.8. The quantitative estimate of drug-likeness (QED) is 0.0817. The van der Waals surface area contributed by atoms with Gasteiger partial charge in [0.1, 0.15) is 18.3 Å². The fourth-order valence-electron chi connectivity index (χ4n) is 3.35. The third-order valence-electron chi connectivity index (χ3n) is 5.04. The molecule has 1 aliphatic heterocycles. The Morgan fingerprint density at radius 2 is 1.48 bits per heavy atom. The van der Waals surface area contributed by atoms with E-state index in [1.54, 1.807) is 0 Å². The summed E-state index contributed by atoms with van der Waals surface area (Å²) in [5.41, 5.74) is -2.32. The molecule has 26 heteroatoms. The summed E-state index contributed by atoms with van der Waals surface area (Å²) in [5, 5.41) is 30.9. The zero-order valence-electron chi connectivity index (χ0n) is 20.4. The molecule has 2 aromatic rings. The van der Waals surface area contributed by atoms with E-state index in [0.29, 0.717) is 4.57 Å². The lowest BCUT2D eigenvalue weighted by Gasteiger charge is -2.21. The van der Waals surface area contributed by atoms with Gasteiger partial charge >= 0.3 is 36.8 Å². The normalized spacial score (nSPS) is 26.4. The number of hydrogen-bond acceptors (Lipinski definition) is 15. The number of H-pyrrole nitrogens is 1. The summed E-state index contributed by atoms with van der Waals surface area (Å²) in [6.07, 6.45) is -7.14. The fourth-order valence-corrected chi connectivity index (χ4v) is 8.93. The van der Waals surface area contributed by atoms with Gasteiger partial charge in [-0.2, -0.15) is 8.62 Å². The zero-order valence-corrected chi connectivity index (χ0v) is 23.9. The minimum Gasteiger partial charge on any atom is -0.387 e. The summed E-state index contributed by atoms with van der Waals surface area (Å²) in [6.45, 7) is -1.16. The molecule has 8 atom stereocenters. The first-order valence-electron chi connectivity index (χ1n) is 10.8. The monoisotopic (exact) mass is 683 g/mol. The maximum absolute atomic E-state index is 12.2. The van der Waals surface area contributed by atoms with Crippen molar-refractivity contribution in [1.29, 1.82) is 0 Å². The summed E-state index contributed by atoms with van der Waals surface area (Å²) >= 11 is 0. The molecule has 0 saturated carbocycles. The first-order chi connectivity index (χ1) is 19.2. The van der Waals surface area contributed by atoms with Crippen LogP contribution in [0.3, 0.4) is 0 Å². The Kier molecular flexibility index (Phi) is 10.4. The van der Waals surface area contributed by atoms with Crippen molar-refractivity contribution in [1.82, 2.24) is 9.55 Å². The summed E-state index contributed by atoms with van der Waals surface area (Å²) < 4.78 is 70.3. The van der Waals surface area contributed by atoms with Crippen LogP contribution in [0.15, 0.2) is 46.1 Å². The van der Waals surface area contributed by atoms with E-state index in [4.69, 9.17) is 4.74 Å². The van der Waals surface area contributed by atoms with Crippen LogP contribution in [0.5, 0.6) is 0 Å². The molecule has 0 radical (unpaired) electrons. The number of non-ortho nitro benzene ring substituents is 1. The maximum atomic E-state index is 12.2. The van der Waals surface area contributed by atoms with Gasteiger partial charge in [-0.25, -0.2) is 22.8 Å². The lowest BCUT2D eigenvalue weighted by atomic mass is 10.1. The van der Waals surface area contributed by atoms with Crippen LogP contribution in [-0.4, -0.2) is 69.2 Å². The second-order valence-corrected chi connectivity index (χ2v) is 14.8. The third kappa shape index (κ3) is 9.39. The number of aliphatic hydroxyl groups is 2. The van der Waals surface area contributed by atoms with E-state index in [9.17, 15) is 67.8 Å². The number of aromatic amines is 1. The van der Waals surface area contributed by atoms with Crippen LogP contribution in [0.2, 0.25) is 0 Å². The summed E-state index contributed by atoms with van der Waals surface area (Å²) in [6, 6.07) is 4.80. The van der Waals surface area contributed by atoms with Crippen molar-refractivity contribution in [3.05, 3.63) is 73.0 Å². The Balaban J connectivity index is 1.59. The number of aromatic nitrogens is 2. The van der Waals surface area contributed by atoms with E-state index in [1.165, 1.54) is 0 Å². The van der Waals surface area contributed by atoms with Crippen LogP contribution in [0.1, 0.15) is 11.8 Å². The number of hydrogen-bond donors (Lipinski definition) is 7. The molecule has 0 bridgehead atoms. The predicted molar refractivity (Wildman–Crippen MR) is 133 cm³/mol. The molecule has 42 heavy (non-hydrogen) atoms. The van der Waals surface area contributed by atoms with Gasteiger partial charge in [0.05, 0.1) is 17.7 Å². The van der Waals surface area contributed by atoms with E-state index in [1.807, 2.05) is 4.98 Å². The smallest absolute Gasteiger partial charge is 0.387 e. The molecule has 1 aromatic carbocycles. The molecule has 3 rings (SSSR count). The first kappa shape index (κ1) is 34.3. The molecule has 0 aliphatic carbocycles. The van der Waals surface area contributed by atoms with E-state index < -0.39 is 84.5 Å². The van der Waals surface area contributed by atoms with Gasteiger partial charge in [-0.1, -0.05) is 12.1 Å². The van der Waals surface area contributed by atoms with Crippen LogP contribution < -0.4 is 11.2 Å². The number of phosphoric ester groups is 1. The fraction of sp³-hybridized carbons (Fsp3) is 0.375. The molecule has 1 saturated heterocycles. The Morgan fingerprint density at radius 3 is 2.05 bits per heavy atom. The van der Waals surface area contributed by atoms with Crippen LogP contribution in [-0.2, 0) is 46.6 Å². The molecule has 0 spiro atoms. The number of rotatable bonds is 13. The van der Waals surface area contributed by atoms with E-state index >= 15 is 0 Å². The van der Waals surface area contributed by atoms with Crippen molar-refractivity contribution in [2.45, 2.75) is 30.7 Å². The Morgan fingerprint density at radius 1 is 0.905 bits per heavy atom. The highest BCUT2D eigenvalue weighted by atomic mass is 31.3. The number of phosphoric acid groups is 3. The molecule has 1 fully saturated rings. The van der Waals surface area contributed by atoms with Gasteiger partial charge in [-0.3, -0.25) is 33.5 Å². The molecule has 22 nitrogen and oxygen atoms in total. The minimum atomic E-state index is -6.10. The summed E-state index contributed by atoms with van der Waals surface area (Å²) in [4.78, 5) is 73.8. The van der Waals surface area contributed by atoms with E-state index in [2.05, 4.69) is 17.5 Å². The highest BCUT2D eigenvalue weighted by Gasteiger charge is 2.48. The molecule has 1 aromatic heterocycles. The lowest BCUT2D eigenvalue weighted by molar-refractivity contribution is -0.384. The number of nitro groups is 1. The number of aliphatic hydroxyl groups excluding tert-OH is 2. The van der Waals surface area contributed by atoms with Gasteiger partial charge in [-0.05, 0) is 5.56 Å². The van der Waals surface area contributed by atoms with Crippen molar-refractivity contribution in [3.8, 4) is 0 Å². The Bertz CT molecular complexity index is 1620. The van der Waals surface area contributed by atoms with E-state index in [0.717, 1.165) is 36.5 Å². The second-order valence-electron chi connectivity index (χ2n) is 8.23. The molecule has 234 valence electrons. The van der Waals surface area contributed by atoms with E-state index in [-0.39, 0.29) is 11.3 Å². The van der Waals surface area contributed by atoms with Crippen molar-refractivity contribution in [3.63, 3.8) is 0 Å². The van der Waals surface area contributed by atoms with Crippen molar-refractivity contribution < 1.29 is 75.2 Å². The number of nitrogens with zero attached hydrogens (tertiary/aromatic N) is 2. The summed E-state index contributed by atoms with van der Waals surface area (Å²) in [5.74, 6) is 0. The SMILES string of the molecule is O=c1ccn([C@@H]2O[C@H](COP(=O)(O)OP(=O)(O)OP(=O)(O)OP(=O)(O)Cc3ccc([N+](=O)[O-])cc3)[C@@H](O)[C@H]2O)c(=O)[nH]1. The largest absolute Gasteiger partial charge is 0.490 e. The Hall–Kier alpha value is -2.22. The molecule has 2 heterocycles. The predicted octanol–water partition coefficient (Wildman–Crippen LogP) is -0.183. The number of benzene rings is 1. The summed E-state index contributed by atoms with van der Waals surface area (Å²) in [7, 11) is -23.0. The first-order valence-corrected chi connectivity index (χ1v) is 17.1. The van der Waals surface area contributed by atoms with Crippen LogP contribution in [0, 0.1) is 10.1 Å². The zero-order chi connectivity index (χ0) is 31.7. The van der Waals surface area contributed by atoms with Crippen LogP contribution in [0.25, 0.3) is 0 Å². The van der Waals surface area contributed by atoms with Gasteiger partial charge in [0.15, 0.2) is 6.23 Å². The Labute approximate surface area is 232 Å². The molecule has 1 aliphatic rings. The highest BCUT2D eigenvalue weighted by Crippen LogP contribution is 2.71. The third-order valence-corrected chi connectivity index (χ3v) is 11.4. The van der Waals surface area contributed by atoms with Gasteiger partial charge < -0.3 is 34.5 Å². The van der Waals surface area contributed by atoms with Crippen LogP contribution >= 0.6 is 31.1 Å². The van der Waals surface area contributed by atoms with Gasteiger partial charge in [-0.15, -0.1) is 0 Å². The van der Waals surface area contributed by atoms with Crippen molar-refractivity contribution in [2.24, 2.45) is 0 Å². The van der Waals surface area contributed by atoms with Gasteiger partial charge in [0.2, 0.25) is 0 Å². The minimum absolute atomic E-state index is 0.0998. The van der Waals surface area contributed by atoms with Crippen molar-refractivity contribution in [2.75, 3.05) is 6.61 Å². The average Bonchev–Trinajstić information content (AvgIpc) is 3.09. The standard InChI is InChI=1S/C16H21N3O19P4/c20-12-5-6-18(16(23)17-12)15-14(22)13(21)11(35-15)7-34-40(28,29)37-42(32,33)38-41(30,31)36-39(26,27)8-9-1-3-10(4-2-9)19(24)25/h1-6,11,13-15,21-22H,7-8H2,(H,26,27)(H,28,29)(H,30,31)(H,32,33)(H,17,20,23)/t11-,13-,14-,15-/m1/s1. The molecule has 4 unspecified atom stereocenters. The van der Waals surface area contributed by atoms with Gasteiger partial charge in [0, 0.05) is 24.4 Å². The molecular weight excluding hydrogens is 662 g/mol. The molecular formula is C16H21N3O19P4. The lowest BCUT2D eigenvalue weighted by Crippen LogP contribution is -2.37. The molecule has 7 N–H and O–H groups in total. The topological polar surface area (TPSA) is 334 Å². The maximum Gasteiger partial charge on any atom is 0.490 e. The van der Waals surface area contributed by atoms with Crippen LogP contribution in [0.4, 0.5) is 5.69 Å². The number of nitro benzene ring substituents is 1. The highest BCUT2D eigenvalue weighted by molar-refractivity contribution is 7.70. The number of nitrogens with one attached hydrogen (secondary N) is 1. The average molecular weight is 683 g/mol. The molecule has 0 amide bonds. The van der Waals surface area contributed by atoms with Crippen molar-refractivity contribution >= 4 is 36.8 Å². The number of ether oxygens (including phenoxy) is 1. The van der Waals surface area contributed by atoms with Gasteiger partial charge in [0.25, 0.3) is 11.2 Å².